The number of hydroxylamine groups is 1. The fourth-order valence-corrected chi connectivity index (χ4v) is 0.829. The zero-order chi connectivity index (χ0) is 10.2. The summed E-state index contributed by atoms with van der Waals surface area (Å²) in [5.41, 5.74) is 2.28. The molecule has 80 valence electrons. The maximum absolute atomic E-state index is 11.5. The highest BCUT2D eigenvalue weighted by atomic mass is 19.4. The minimum Gasteiger partial charge on any atom is -0.292 e. The topological polar surface area (TPSA) is 21.3 Å². The van der Waals surface area contributed by atoms with Crippen molar-refractivity contribution in [2.24, 2.45) is 0 Å². The third kappa shape index (κ3) is 11.7. The van der Waals surface area contributed by atoms with Gasteiger partial charge >= 0.3 is 6.18 Å². The molecule has 1 N–H and O–H groups in total. The number of rotatable bonds is 7. The molecule has 0 atom stereocenters. The second kappa shape index (κ2) is 7.15. The maximum Gasteiger partial charge on any atom is 0.413 e. The third-order valence-electron chi connectivity index (χ3n) is 1.47. The number of unbranched alkanes of at least 4 members (excludes halogenated alkanes) is 3. The fourth-order valence-electron chi connectivity index (χ4n) is 0.829. The van der Waals surface area contributed by atoms with Crippen molar-refractivity contribution in [1.29, 1.82) is 0 Å². The van der Waals surface area contributed by atoms with Crippen LogP contribution in [0, 0.1) is 0 Å². The fraction of sp³-hybridized carbons (Fsp3) is 1.00. The van der Waals surface area contributed by atoms with Gasteiger partial charge in [-0.05, 0) is 6.42 Å². The molecule has 0 aromatic rings. The Morgan fingerprint density at radius 1 is 1.15 bits per heavy atom. The standard InChI is InChI=1S/C8H16F3NO/c1-2-3-4-5-6-12-13-7-8(9,10)11/h12H,2-7H2,1H3. The number of alkyl halides is 3. The van der Waals surface area contributed by atoms with Gasteiger partial charge in [-0.15, -0.1) is 0 Å². The lowest BCUT2D eigenvalue weighted by atomic mass is 10.2. The minimum atomic E-state index is -4.24. The van der Waals surface area contributed by atoms with Crippen molar-refractivity contribution < 1.29 is 18.0 Å². The third-order valence-corrected chi connectivity index (χ3v) is 1.47. The molecule has 0 fully saturated rings. The summed E-state index contributed by atoms with van der Waals surface area (Å²) in [6.07, 6.45) is -0.134. The van der Waals surface area contributed by atoms with Gasteiger partial charge in [0.1, 0.15) is 0 Å². The Morgan fingerprint density at radius 3 is 2.38 bits per heavy atom. The summed E-state index contributed by atoms with van der Waals surface area (Å²) in [4.78, 5) is 4.20. The average molecular weight is 199 g/mol. The van der Waals surface area contributed by atoms with Crippen LogP contribution in [0.3, 0.4) is 0 Å². The predicted molar refractivity (Wildman–Crippen MR) is 44.2 cm³/mol. The molecule has 5 heteroatoms. The van der Waals surface area contributed by atoms with Crippen LogP contribution in [-0.4, -0.2) is 19.3 Å². The molecule has 13 heavy (non-hydrogen) atoms. The largest absolute Gasteiger partial charge is 0.413 e. The summed E-state index contributed by atoms with van der Waals surface area (Å²) in [5, 5.41) is 0. The Balaban J connectivity index is 3.00. The number of hydrogen-bond donors (Lipinski definition) is 1. The molecule has 0 rings (SSSR count). The summed E-state index contributed by atoms with van der Waals surface area (Å²) >= 11 is 0. The van der Waals surface area contributed by atoms with Crippen LogP contribution in [0.1, 0.15) is 32.6 Å². The van der Waals surface area contributed by atoms with Crippen LogP contribution in [0.15, 0.2) is 0 Å². The molecule has 0 aliphatic rings. The highest BCUT2D eigenvalue weighted by Gasteiger charge is 2.27. The second-order valence-corrected chi connectivity index (χ2v) is 2.86. The van der Waals surface area contributed by atoms with E-state index in [1.807, 2.05) is 0 Å². The van der Waals surface area contributed by atoms with Crippen molar-refractivity contribution in [3.8, 4) is 0 Å². The molecule has 0 heterocycles. The van der Waals surface area contributed by atoms with E-state index in [2.05, 4.69) is 17.2 Å². The van der Waals surface area contributed by atoms with Gasteiger partial charge in [-0.3, -0.25) is 4.84 Å². The predicted octanol–water partition coefficient (Wildman–Crippen LogP) is 2.65. The van der Waals surface area contributed by atoms with E-state index in [0.717, 1.165) is 25.7 Å². The van der Waals surface area contributed by atoms with Crippen LogP contribution in [0.5, 0.6) is 0 Å². The van der Waals surface area contributed by atoms with Gasteiger partial charge in [0.2, 0.25) is 0 Å². The smallest absolute Gasteiger partial charge is 0.292 e. The van der Waals surface area contributed by atoms with E-state index in [1.165, 1.54) is 0 Å². The first-order chi connectivity index (χ1) is 6.06. The van der Waals surface area contributed by atoms with Gasteiger partial charge < -0.3 is 0 Å². The summed E-state index contributed by atoms with van der Waals surface area (Å²) in [6, 6.07) is 0. The highest BCUT2D eigenvalue weighted by molar-refractivity contribution is 4.45. The Morgan fingerprint density at radius 2 is 1.85 bits per heavy atom. The van der Waals surface area contributed by atoms with E-state index in [4.69, 9.17) is 0 Å². The summed E-state index contributed by atoms with van der Waals surface area (Å²) in [6.45, 7) is 1.34. The van der Waals surface area contributed by atoms with Crippen molar-refractivity contribution >= 4 is 0 Å². The molecule has 0 aliphatic heterocycles. The SMILES string of the molecule is CCCCCCNOCC(F)(F)F. The highest BCUT2D eigenvalue weighted by Crippen LogP contribution is 2.13. The number of nitrogens with one attached hydrogen (secondary N) is 1. The Hall–Kier alpha value is -0.290. The molecule has 0 aromatic heterocycles. The first-order valence-electron chi connectivity index (χ1n) is 4.47. The van der Waals surface area contributed by atoms with E-state index in [1.54, 1.807) is 0 Å². The van der Waals surface area contributed by atoms with Gasteiger partial charge in [-0.2, -0.15) is 13.2 Å². The minimum absolute atomic E-state index is 0.482. The molecule has 0 bridgehead atoms. The van der Waals surface area contributed by atoms with Crippen LogP contribution >= 0.6 is 0 Å². The molecular formula is C8H16F3NO. The molecule has 0 unspecified atom stereocenters. The van der Waals surface area contributed by atoms with E-state index in [9.17, 15) is 13.2 Å². The van der Waals surface area contributed by atoms with Crippen molar-refractivity contribution in [2.75, 3.05) is 13.2 Å². The first kappa shape index (κ1) is 12.7. The molecule has 0 amide bonds. The van der Waals surface area contributed by atoms with E-state index >= 15 is 0 Å². The molecule has 0 saturated heterocycles. The molecule has 0 saturated carbocycles. The second-order valence-electron chi connectivity index (χ2n) is 2.86. The molecule has 2 nitrogen and oxygen atoms in total. The van der Waals surface area contributed by atoms with Crippen LogP contribution in [-0.2, 0) is 4.84 Å². The van der Waals surface area contributed by atoms with Gasteiger partial charge in [0, 0.05) is 6.54 Å². The lowest BCUT2D eigenvalue weighted by Gasteiger charge is -2.07. The average Bonchev–Trinajstić information content (AvgIpc) is 2.01. The maximum atomic E-state index is 11.5. The van der Waals surface area contributed by atoms with Crippen molar-refractivity contribution in [3.63, 3.8) is 0 Å². The van der Waals surface area contributed by atoms with Crippen LogP contribution in [0.4, 0.5) is 13.2 Å². The van der Waals surface area contributed by atoms with Gasteiger partial charge in [0.05, 0.1) is 0 Å². The summed E-state index contributed by atoms with van der Waals surface area (Å²) < 4.78 is 34.6. The number of hydrogen-bond acceptors (Lipinski definition) is 2. The van der Waals surface area contributed by atoms with Crippen LogP contribution in [0.25, 0.3) is 0 Å². The first-order valence-corrected chi connectivity index (χ1v) is 4.47. The van der Waals surface area contributed by atoms with Crippen molar-refractivity contribution in [1.82, 2.24) is 5.48 Å². The monoisotopic (exact) mass is 199 g/mol. The van der Waals surface area contributed by atoms with Gasteiger partial charge in [-0.25, -0.2) is 5.48 Å². The van der Waals surface area contributed by atoms with Gasteiger partial charge in [0.25, 0.3) is 0 Å². The van der Waals surface area contributed by atoms with E-state index in [0.29, 0.717) is 6.54 Å². The van der Waals surface area contributed by atoms with Gasteiger partial charge in [0.15, 0.2) is 6.61 Å². The molecular weight excluding hydrogens is 183 g/mol. The van der Waals surface area contributed by atoms with Gasteiger partial charge in [-0.1, -0.05) is 26.2 Å². The van der Waals surface area contributed by atoms with Crippen molar-refractivity contribution in [2.45, 2.75) is 38.8 Å². The Labute approximate surface area is 76.4 Å². The molecule has 0 spiro atoms. The zero-order valence-corrected chi connectivity index (χ0v) is 7.78. The van der Waals surface area contributed by atoms with Crippen LogP contribution in [0.2, 0.25) is 0 Å². The van der Waals surface area contributed by atoms with Crippen LogP contribution < -0.4 is 5.48 Å². The Kier molecular flexibility index (Phi) is 6.99. The molecule has 0 aromatic carbocycles. The number of halogens is 3. The quantitative estimate of drug-likeness (QED) is 0.502. The lowest BCUT2D eigenvalue weighted by Crippen LogP contribution is -2.25. The summed E-state index contributed by atoms with van der Waals surface area (Å²) in [7, 11) is 0. The lowest BCUT2D eigenvalue weighted by molar-refractivity contribution is -0.189. The summed E-state index contributed by atoms with van der Waals surface area (Å²) in [5.74, 6) is 0. The molecule has 0 radical (unpaired) electrons. The van der Waals surface area contributed by atoms with E-state index in [-0.39, 0.29) is 0 Å². The Bertz CT molecular complexity index is 116. The van der Waals surface area contributed by atoms with E-state index < -0.39 is 12.8 Å². The normalized spacial score (nSPS) is 12.0. The molecule has 0 aliphatic carbocycles. The zero-order valence-electron chi connectivity index (χ0n) is 7.78. The van der Waals surface area contributed by atoms with Crippen molar-refractivity contribution in [3.05, 3.63) is 0 Å².